The molecule has 0 radical (unpaired) electrons. The Kier molecular flexibility index (Phi) is 6.68. The van der Waals surface area contributed by atoms with Crippen LogP contribution in [0.15, 0.2) is 30.3 Å². The van der Waals surface area contributed by atoms with Crippen LogP contribution in [0.2, 0.25) is 0 Å². The molecule has 1 fully saturated rings. The predicted molar refractivity (Wildman–Crippen MR) is 88.5 cm³/mol. The molecule has 1 aromatic carbocycles. The maximum Gasteiger partial charge on any atom is 0.0599 e. The second-order valence-corrected chi connectivity index (χ2v) is 6.13. The molecule has 0 spiro atoms. The first-order valence-corrected chi connectivity index (χ1v) is 8.35. The highest BCUT2D eigenvalue weighted by Gasteiger charge is 2.25. The second-order valence-electron chi connectivity index (χ2n) is 6.13. The molecule has 0 aromatic heterocycles. The van der Waals surface area contributed by atoms with E-state index in [1.165, 1.54) is 5.56 Å². The highest BCUT2D eigenvalue weighted by molar-refractivity contribution is 5.19. The van der Waals surface area contributed by atoms with Gasteiger partial charge in [0.15, 0.2) is 0 Å². The summed E-state index contributed by atoms with van der Waals surface area (Å²) in [5.41, 5.74) is 7.47. The number of nitrogens with two attached hydrogens (primary N) is 1. The molecule has 3 heteroatoms. The summed E-state index contributed by atoms with van der Waals surface area (Å²) < 4.78 is 5.74. The van der Waals surface area contributed by atoms with Crippen LogP contribution in [0.3, 0.4) is 0 Å². The number of likely N-dealkylation sites (tertiary alicyclic amines) is 1. The Balaban J connectivity index is 1.86. The average molecular weight is 290 g/mol. The number of rotatable bonds is 7. The third-order valence-electron chi connectivity index (χ3n) is 4.66. The van der Waals surface area contributed by atoms with Crippen LogP contribution in [0, 0.1) is 0 Å². The molecule has 0 aliphatic carbocycles. The van der Waals surface area contributed by atoms with E-state index in [1.54, 1.807) is 0 Å². The molecule has 2 unspecified atom stereocenters. The van der Waals surface area contributed by atoms with Crippen molar-refractivity contribution in [3.63, 3.8) is 0 Å². The predicted octanol–water partition coefficient (Wildman–Crippen LogP) is 3.01. The van der Waals surface area contributed by atoms with Crippen LogP contribution in [-0.4, -0.2) is 43.3 Å². The van der Waals surface area contributed by atoms with Gasteiger partial charge < -0.3 is 10.5 Å². The maximum atomic E-state index is 6.05. The number of piperidine rings is 1. The van der Waals surface area contributed by atoms with E-state index in [0.29, 0.717) is 18.1 Å². The van der Waals surface area contributed by atoms with Crippen LogP contribution in [-0.2, 0) is 4.74 Å². The van der Waals surface area contributed by atoms with Crippen LogP contribution < -0.4 is 5.73 Å². The van der Waals surface area contributed by atoms with Crippen LogP contribution >= 0.6 is 0 Å². The summed E-state index contributed by atoms with van der Waals surface area (Å²) in [5, 5.41) is 0. The van der Waals surface area contributed by atoms with E-state index in [0.717, 1.165) is 45.5 Å². The van der Waals surface area contributed by atoms with Crippen molar-refractivity contribution < 1.29 is 4.74 Å². The Bertz CT molecular complexity index is 387. The van der Waals surface area contributed by atoms with E-state index in [1.807, 2.05) is 0 Å². The van der Waals surface area contributed by atoms with E-state index >= 15 is 0 Å². The summed E-state index contributed by atoms with van der Waals surface area (Å²) in [6.45, 7) is 8.20. The zero-order valence-corrected chi connectivity index (χ0v) is 13.5. The van der Waals surface area contributed by atoms with E-state index in [9.17, 15) is 0 Å². The standard InChI is InChI=1S/C18H30N2O/c1-3-21-18-9-11-20(12-10-18)17(14-19)13-15(2)16-7-5-4-6-8-16/h4-8,15,17-18H,3,9-14,19H2,1-2H3. The molecule has 0 saturated carbocycles. The summed E-state index contributed by atoms with van der Waals surface area (Å²) >= 11 is 0. The number of hydrogen-bond acceptors (Lipinski definition) is 3. The van der Waals surface area contributed by atoms with Crippen LogP contribution in [0.1, 0.15) is 44.6 Å². The van der Waals surface area contributed by atoms with Crippen LogP contribution in [0.5, 0.6) is 0 Å². The third kappa shape index (κ3) is 4.80. The summed E-state index contributed by atoms with van der Waals surface area (Å²) in [4.78, 5) is 2.56. The van der Waals surface area contributed by atoms with Crippen molar-refractivity contribution >= 4 is 0 Å². The number of ether oxygens (including phenoxy) is 1. The van der Waals surface area contributed by atoms with Gasteiger partial charge in [-0.1, -0.05) is 37.3 Å². The van der Waals surface area contributed by atoms with Crippen molar-refractivity contribution in [3.8, 4) is 0 Å². The molecule has 0 amide bonds. The van der Waals surface area contributed by atoms with Crippen molar-refractivity contribution in [2.24, 2.45) is 5.73 Å². The molecule has 1 aromatic rings. The lowest BCUT2D eigenvalue weighted by molar-refractivity contribution is 0.00339. The minimum Gasteiger partial charge on any atom is -0.378 e. The fourth-order valence-electron chi connectivity index (χ4n) is 3.36. The number of nitrogens with zero attached hydrogens (tertiary/aromatic N) is 1. The average Bonchev–Trinajstić information content (AvgIpc) is 2.54. The Hall–Kier alpha value is -0.900. The molecule has 2 atom stereocenters. The lowest BCUT2D eigenvalue weighted by Crippen LogP contribution is -2.47. The molecular weight excluding hydrogens is 260 g/mol. The van der Waals surface area contributed by atoms with Crippen molar-refractivity contribution in [2.75, 3.05) is 26.2 Å². The highest BCUT2D eigenvalue weighted by atomic mass is 16.5. The SMILES string of the molecule is CCOC1CCN(C(CN)CC(C)c2ccccc2)CC1. The van der Waals surface area contributed by atoms with Crippen molar-refractivity contribution in [3.05, 3.63) is 35.9 Å². The molecular formula is C18H30N2O. The van der Waals surface area contributed by atoms with Gasteiger partial charge in [-0.3, -0.25) is 4.90 Å². The first kappa shape index (κ1) is 16.5. The minimum atomic E-state index is 0.455. The maximum absolute atomic E-state index is 6.05. The quantitative estimate of drug-likeness (QED) is 0.839. The molecule has 3 nitrogen and oxygen atoms in total. The van der Waals surface area contributed by atoms with Gasteiger partial charge in [-0.15, -0.1) is 0 Å². The van der Waals surface area contributed by atoms with Gasteiger partial charge in [-0.25, -0.2) is 0 Å². The zero-order chi connectivity index (χ0) is 15.1. The minimum absolute atomic E-state index is 0.455. The Morgan fingerprint density at radius 3 is 2.48 bits per heavy atom. The molecule has 2 N–H and O–H groups in total. The summed E-state index contributed by atoms with van der Waals surface area (Å²) in [5.74, 6) is 0.560. The molecule has 118 valence electrons. The molecule has 1 heterocycles. The van der Waals surface area contributed by atoms with Gasteiger partial charge in [0.05, 0.1) is 6.10 Å². The number of hydrogen-bond donors (Lipinski definition) is 1. The van der Waals surface area contributed by atoms with Gasteiger partial charge in [0, 0.05) is 32.3 Å². The van der Waals surface area contributed by atoms with Crippen molar-refractivity contribution in [1.82, 2.24) is 4.90 Å². The van der Waals surface area contributed by atoms with Crippen LogP contribution in [0.25, 0.3) is 0 Å². The van der Waals surface area contributed by atoms with E-state index in [-0.39, 0.29) is 0 Å². The molecule has 1 saturated heterocycles. The molecule has 21 heavy (non-hydrogen) atoms. The zero-order valence-electron chi connectivity index (χ0n) is 13.5. The first-order chi connectivity index (χ1) is 10.2. The molecule has 1 aliphatic rings. The van der Waals surface area contributed by atoms with Gasteiger partial charge in [0.2, 0.25) is 0 Å². The lowest BCUT2D eigenvalue weighted by atomic mass is 9.92. The largest absolute Gasteiger partial charge is 0.378 e. The lowest BCUT2D eigenvalue weighted by Gasteiger charge is -2.38. The summed E-state index contributed by atoms with van der Waals surface area (Å²) in [6.07, 6.45) is 3.88. The van der Waals surface area contributed by atoms with Gasteiger partial charge in [0.25, 0.3) is 0 Å². The molecule has 0 bridgehead atoms. The Morgan fingerprint density at radius 2 is 1.90 bits per heavy atom. The van der Waals surface area contributed by atoms with Gasteiger partial charge in [-0.05, 0) is 37.7 Å². The van der Waals surface area contributed by atoms with Gasteiger partial charge in [-0.2, -0.15) is 0 Å². The third-order valence-corrected chi connectivity index (χ3v) is 4.66. The monoisotopic (exact) mass is 290 g/mol. The Labute approximate surface area is 129 Å². The summed E-state index contributed by atoms with van der Waals surface area (Å²) in [6, 6.07) is 11.3. The number of benzene rings is 1. The van der Waals surface area contributed by atoms with Crippen molar-refractivity contribution in [2.45, 2.75) is 51.2 Å². The van der Waals surface area contributed by atoms with E-state index in [2.05, 4.69) is 49.1 Å². The fourth-order valence-corrected chi connectivity index (χ4v) is 3.36. The van der Waals surface area contributed by atoms with Crippen LogP contribution in [0.4, 0.5) is 0 Å². The smallest absolute Gasteiger partial charge is 0.0599 e. The van der Waals surface area contributed by atoms with Gasteiger partial charge >= 0.3 is 0 Å². The fraction of sp³-hybridized carbons (Fsp3) is 0.667. The first-order valence-electron chi connectivity index (χ1n) is 8.35. The second kappa shape index (κ2) is 8.52. The summed E-state index contributed by atoms with van der Waals surface area (Å²) in [7, 11) is 0. The normalized spacial score (nSPS) is 20.3. The van der Waals surface area contributed by atoms with E-state index in [4.69, 9.17) is 10.5 Å². The molecule has 1 aliphatic heterocycles. The van der Waals surface area contributed by atoms with Gasteiger partial charge in [0.1, 0.15) is 0 Å². The molecule has 2 rings (SSSR count). The van der Waals surface area contributed by atoms with Crippen molar-refractivity contribution in [1.29, 1.82) is 0 Å². The highest BCUT2D eigenvalue weighted by Crippen LogP contribution is 2.24. The topological polar surface area (TPSA) is 38.5 Å². The van der Waals surface area contributed by atoms with E-state index < -0.39 is 0 Å². The Morgan fingerprint density at radius 1 is 1.24 bits per heavy atom.